The Morgan fingerprint density at radius 2 is 1.65 bits per heavy atom. The molecule has 0 spiro atoms. The van der Waals surface area contributed by atoms with E-state index in [1.165, 1.54) is 16.4 Å². The first-order valence-corrected chi connectivity index (χ1v) is 9.29. The van der Waals surface area contributed by atoms with Crippen LogP contribution in [0.25, 0.3) is 0 Å². The smallest absolute Gasteiger partial charge is 0.243 e. The summed E-state index contributed by atoms with van der Waals surface area (Å²) in [4.78, 5) is 24.9. The Morgan fingerprint density at radius 3 is 2.26 bits per heavy atom. The lowest BCUT2D eigenvalue weighted by Crippen LogP contribution is -2.38. The van der Waals surface area contributed by atoms with Crippen LogP contribution in [-0.4, -0.2) is 37.6 Å². The van der Waals surface area contributed by atoms with Crippen molar-refractivity contribution in [1.29, 1.82) is 0 Å². The summed E-state index contributed by atoms with van der Waals surface area (Å²) >= 11 is 0. The third-order valence-corrected chi connectivity index (χ3v) is 6.40. The number of imide groups is 1. The molecule has 2 aliphatic rings. The number of carbonyl (C=O) groups excluding carboxylic acids is 2. The molecule has 0 N–H and O–H groups in total. The molecule has 0 atom stereocenters. The summed E-state index contributed by atoms with van der Waals surface area (Å²) in [6, 6.07) is 6.11. The van der Waals surface area contributed by atoms with Crippen molar-refractivity contribution in [2.75, 3.05) is 18.0 Å². The maximum Gasteiger partial charge on any atom is 0.243 e. The second-order valence-corrected chi connectivity index (χ2v) is 8.14. The summed E-state index contributed by atoms with van der Waals surface area (Å²) < 4.78 is 27.0. The number of piperidine rings is 1. The van der Waals surface area contributed by atoms with Crippen molar-refractivity contribution in [1.82, 2.24) is 4.31 Å². The molecule has 2 fully saturated rings. The van der Waals surface area contributed by atoms with Crippen molar-refractivity contribution < 1.29 is 18.0 Å². The van der Waals surface area contributed by atoms with E-state index in [0.717, 1.165) is 17.7 Å². The summed E-state index contributed by atoms with van der Waals surface area (Å²) in [6.07, 6.45) is 2.06. The Balaban J connectivity index is 1.90. The third-order valence-electron chi connectivity index (χ3n) is 4.51. The van der Waals surface area contributed by atoms with E-state index in [9.17, 15) is 18.0 Å². The molecule has 0 aliphatic carbocycles. The molecule has 0 aromatic heterocycles. The lowest BCUT2D eigenvalue weighted by molar-refractivity contribution is -0.121. The number of carbonyl (C=O) groups is 2. The van der Waals surface area contributed by atoms with Crippen LogP contribution < -0.4 is 4.90 Å². The third kappa shape index (κ3) is 3.03. The average molecular weight is 336 g/mol. The predicted molar refractivity (Wildman–Crippen MR) is 85.3 cm³/mol. The SMILES string of the molecule is CC1CCN(S(=O)(=O)c2cccc(N3C(=O)CCC3=O)c2)CC1. The van der Waals surface area contributed by atoms with Gasteiger partial charge in [-0.3, -0.25) is 14.5 Å². The quantitative estimate of drug-likeness (QED) is 0.788. The van der Waals surface area contributed by atoms with Gasteiger partial charge in [-0.05, 0) is 37.0 Å². The molecule has 3 rings (SSSR count). The van der Waals surface area contributed by atoms with Crippen LogP contribution in [0, 0.1) is 5.92 Å². The largest absolute Gasteiger partial charge is 0.274 e. The standard InChI is InChI=1S/C16H20N2O4S/c1-12-7-9-17(10-8-12)23(21,22)14-4-2-3-13(11-14)18-15(19)5-6-16(18)20/h2-4,11-12H,5-10H2,1H3. The topological polar surface area (TPSA) is 74.8 Å². The molecule has 0 radical (unpaired) electrons. The van der Waals surface area contributed by atoms with E-state index in [-0.39, 0.29) is 29.6 Å². The summed E-state index contributed by atoms with van der Waals surface area (Å²) in [6.45, 7) is 3.14. The predicted octanol–water partition coefficient (Wildman–Crippen LogP) is 1.76. The molecule has 1 aromatic carbocycles. The van der Waals surface area contributed by atoms with Crippen LogP contribution in [0.15, 0.2) is 29.2 Å². The highest BCUT2D eigenvalue weighted by atomic mass is 32.2. The van der Waals surface area contributed by atoms with Gasteiger partial charge in [-0.25, -0.2) is 8.42 Å². The van der Waals surface area contributed by atoms with Crippen LogP contribution in [0.3, 0.4) is 0 Å². The molecule has 124 valence electrons. The molecule has 1 aromatic rings. The number of nitrogens with zero attached hydrogens (tertiary/aromatic N) is 2. The van der Waals surface area contributed by atoms with Gasteiger partial charge in [0, 0.05) is 25.9 Å². The summed E-state index contributed by atoms with van der Waals surface area (Å²) in [5.41, 5.74) is 0.337. The number of sulfonamides is 1. The Hall–Kier alpha value is -1.73. The molecule has 0 bridgehead atoms. The van der Waals surface area contributed by atoms with E-state index in [1.807, 2.05) is 0 Å². The first kappa shape index (κ1) is 16.1. The van der Waals surface area contributed by atoms with Crippen LogP contribution in [0.2, 0.25) is 0 Å². The fourth-order valence-corrected chi connectivity index (χ4v) is 4.53. The molecular formula is C16H20N2O4S. The number of hydrogen-bond acceptors (Lipinski definition) is 4. The maximum atomic E-state index is 12.8. The van der Waals surface area contributed by atoms with Gasteiger partial charge in [-0.2, -0.15) is 4.31 Å². The molecule has 2 amide bonds. The van der Waals surface area contributed by atoms with Gasteiger partial charge >= 0.3 is 0 Å². The Bertz CT molecular complexity index is 720. The molecule has 23 heavy (non-hydrogen) atoms. The number of amides is 2. The van der Waals surface area contributed by atoms with Crippen molar-refractivity contribution in [2.45, 2.75) is 37.5 Å². The first-order chi connectivity index (χ1) is 10.9. The molecule has 2 aliphatic heterocycles. The minimum Gasteiger partial charge on any atom is -0.274 e. The number of rotatable bonds is 3. The summed E-state index contributed by atoms with van der Waals surface area (Å²) in [5.74, 6) is -0.0275. The average Bonchev–Trinajstić information content (AvgIpc) is 2.87. The van der Waals surface area contributed by atoms with Crippen molar-refractivity contribution >= 4 is 27.5 Å². The van der Waals surface area contributed by atoms with Crippen LogP contribution in [-0.2, 0) is 19.6 Å². The van der Waals surface area contributed by atoms with Crippen LogP contribution in [0.5, 0.6) is 0 Å². The maximum absolute atomic E-state index is 12.8. The van der Waals surface area contributed by atoms with Gasteiger partial charge in [0.15, 0.2) is 0 Å². The van der Waals surface area contributed by atoms with Crippen molar-refractivity contribution in [2.24, 2.45) is 5.92 Å². The number of anilines is 1. The van der Waals surface area contributed by atoms with E-state index < -0.39 is 10.0 Å². The van der Waals surface area contributed by atoms with E-state index in [0.29, 0.717) is 24.7 Å². The van der Waals surface area contributed by atoms with Gasteiger partial charge < -0.3 is 0 Å². The van der Waals surface area contributed by atoms with Gasteiger partial charge in [0.05, 0.1) is 10.6 Å². The molecule has 0 saturated carbocycles. The second-order valence-electron chi connectivity index (χ2n) is 6.21. The molecule has 0 unspecified atom stereocenters. The Morgan fingerprint density at radius 1 is 1.04 bits per heavy atom. The second kappa shape index (κ2) is 6.05. The van der Waals surface area contributed by atoms with Gasteiger partial charge in [-0.1, -0.05) is 13.0 Å². The highest BCUT2D eigenvalue weighted by molar-refractivity contribution is 7.89. The monoisotopic (exact) mass is 336 g/mol. The van der Waals surface area contributed by atoms with Gasteiger partial charge in [0.25, 0.3) is 0 Å². The van der Waals surface area contributed by atoms with Gasteiger partial charge in [0.2, 0.25) is 21.8 Å². The fourth-order valence-electron chi connectivity index (χ4n) is 3.02. The lowest BCUT2D eigenvalue weighted by Gasteiger charge is -2.29. The van der Waals surface area contributed by atoms with Crippen LogP contribution in [0.4, 0.5) is 5.69 Å². The van der Waals surface area contributed by atoms with E-state index in [2.05, 4.69) is 6.92 Å². The van der Waals surface area contributed by atoms with Gasteiger partial charge in [-0.15, -0.1) is 0 Å². The summed E-state index contributed by atoms with van der Waals surface area (Å²) in [7, 11) is -3.59. The van der Waals surface area contributed by atoms with E-state index >= 15 is 0 Å². The van der Waals surface area contributed by atoms with Crippen molar-refractivity contribution in [3.05, 3.63) is 24.3 Å². The molecule has 6 nitrogen and oxygen atoms in total. The zero-order valence-electron chi connectivity index (χ0n) is 13.1. The fraction of sp³-hybridized carbons (Fsp3) is 0.500. The van der Waals surface area contributed by atoms with Gasteiger partial charge in [0.1, 0.15) is 0 Å². The van der Waals surface area contributed by atoms with Crippen LogP contribution in [0.1, 0.15) is 32.6 Å². The Labute approximate surface area is 136 Å². The van der Waals surface area contributed by atoms with E-state index in [4.69, 9.17) is 0 Å². The molecule has 7 heteroatoms. The highest BCUT2D eigenvalue weighted by Crippen LogP contribution is 2.28. The highest BCUT2D eigenvalue weighted by Gasteiger charge is 2.32. The normalized spacial score (nSPS) is 21.2. The zero-order chi connectivity index (χ0) is 16.6. The first-order valence-electron chi connectivity index (χ1n) is 7.85. The minimum atomic E-state index is -3.59. The molecule has 2 saturated heterocycles. The van der Waals surface area contributed by atoms with E-state index in [1.54, 1.807) is 12.1 Å². The zero-order valence-corrected chi connectivity index (χ0v) is 13.9. The lowest BCUT2D eigenvalue weighted by atomic mass is 10.0. The molecule has 2 heterocycles. The number of hydrogen-bond donors (Lipinski definition) is 0. The molecular weight excluding hydrogens is 316 g/mol. The van der Waals surface area contributed by atoms with Crippen LogP contribution >= 0.6 is 0 Å². The van der Waals surface area contributed by atoms with Crippen molar-refractivity contribution in [3.8, 4) is 0 Å². The minimum absolute atomic E-state index is 0.136. The van der Waals surface area contributed by atoms with Crippen molar-refractivity contribution in [3.63, 3.8) is 0 Å². The Kier molecular flexibility index (Phi) is 4.25. The summed E-state index contributed by atoms with van der Waals surface area (Å²) in [5, 5.41) is 0. The number of benzene rings is 1.